The molecule has 1 amide bonds. The number of nitrogens with one attached hydrogen (secondary N) is 2. The molecule has 0 bridgehead atoms. The van der Waals surface area contributed by atoms with Crippen LogP contribution in [0.4, 0.5) is 26.0 Å². The number of phenolic OH excluding ortho intramolecular Hbond substituents is 1. The van der Waals surface area contributed by atoms with Gasteiger partial charge in [0.05, 0.1) is 11.1 Å². The number of aromatic hydroxyl groups is 1. The fourth-order valence-corrected chi connectivity index (χ4v) is 4.71. The van der Waals surface area contributed by atoms with Gasteiger partial charge in [-0.1, -0.05) is 25.6 Å². The van der Waals surface area contributed by atoms with Crippen LogP contribution in [0.2, 0.25) is 0 Å². The molecule has 5 rings (SSSR count). The Balaban J connectivity index is 1.51. The van der Waals surface area contributed by atoms with Crippen molar-refractivity contribution in [1.29, 1.82) is 0 Å². The first-order valence-corrected chi connectivity index (χ1v) is 12.8. The predicted molar refractivity (Wildman–Crippen MR) is 148 cm³/mol. The summed E-state index contributed by atoms with van der Waals surface area (Å²) < 4.78 is 27.3. The third kappa shape index (κ3) is 6.12. The molecule has 0 saturated carbocycles. The van der Waals surface area contributed by atoms with E-state index >= 15 is 0 Å². The molecule has 0 aliphatic carbocycles. The van der Waals surface area contributed by atoms with E-state index in [9.17, 15) is 18.7 Å². The second-order valence-electron chi connectivity index (χ2n) is 9.03. The predicted octanol–water partition coefficient (Wildman–Crippen LogP) is 7.28. The van der Waals surface area contributed by atoms with E-state index in [0.29, 0.717) is 34.3 Å². The van der Waals surface area contributed by atoms with Gasteiger partial charge in [-0.25, -0.2) is 23.7 Å². The Bertz CT molecular complexity index is 1660. The molecule has 0 aliphatic rings. The highest BCUT2D eigenvalue weighted by Crippen LogP contribution is 2.38. The van der Waals surface area contributed by atoms with Crippen molar-refractivity contribution in [1.82, 2.24) is 15.0 Å². The lowest BCUT2D eigenvalue weighted by Gasteiger charge is -2.15. The largest absolute Gasteiger partial charge is 0.508 e. The smallest absolute Gasteiger partial charge is 0.255 e. The van der Waals surface area contributed by atoms with Crippen molar-refractivity contribution in [3.63, 3.8) is 0 Å². The van der Waals surface area contributed by atoms with Crippen LogP contribution in [0.3, 0.4) is 0 Å². The van der Waals surface area contributed by atoms with Crippen molar-refractivity contribution in [3.05, 3.63) is 102 Å². The first-order valence-electron chi connectivity index (χ1n) is 12.0. The Hall–Kier alpha value is -4.57. The number of phenols is 1. The summed E-state index contributed by atoms with van der Waals surface area (Å²) in [6, 6.07) is 18.5. The third-order valence-corrected chi connectivity index (χ3v) is 6.87. The number of hydrogen-bond acceptors (Lipinski definition) is 7. The zero-order chi connectivity index (χ0) is 27.5. The Morgan fingerprint density at radius 3 is 2.38 bits per heavy atom. The van der Waals surface area contributed by atoms with Crippen LogP contribution in [-0.4, -0.2) is 26.0 Å². The van der Waals surface area contributed by atoms with Crippen molar-refractivity contribution in [2.45, 2.75) is 29.6 Å². The van der Waals surface area contributed by atoms with E-state index in [-0.39, 0.29) is 17.2 Å². The van der Waals surface area contributed by atoms with Gasteiger partial charge in [0.2, 0.25) is 0 Å². The van der Waals surface area contributed by atoms with Crippen molar-refractivity contribution >= 4 is 45.9 Å². The van der Waals surface area contributed by atoms with Gasteiger partial charge in [-0.2, -0.15) is 0 Å². The molecule has 7 nitrogen and oxygen atoms in total. The number of anilines is 3. The number of pyridine rings is 1. The summed E-state index contributed by atoms with van der Waals surface area (Å²) in [5.74, 6) is -1.42. The molecule has 0 atom stereocenters. The Labute approximate surface area is 227 Å². The number of aromatic nitrogens is 3. The van der Waals surface area contributed by atoms with E-state index in [2.05, 4.69) is 39.4 Å². The Kier molecular flexibility index (Phi) is 7.38. The second kappa shape index (κ2) is 11.0. The van der Waals surface area contributed by atoms with Gasteiger partial charge in [-0.05, 0) is 72.6 Å². The monoisotopic (exact) mass is 543 g/mol. The molecule has 39 heavy (non-hydrogen) atoms. The van der Waals surface area contributed by atoms with Gasteiger partial charge < -0.3 is 15.7 Å². The lowest BCUT2D eigenvalue weighted by atomic mass is 10.1. The number of halogens is 2. The minimum Gasteiger partial charge on any atom is -0.508 e. The molecule has 0 aliphatic heterocycles. The van der Waals surface area contributed by atoms with Crippen LogP contribution < -0.4 is 10.6 Å². The molecule has 0 fully saturated rings. The highest BCUT2D eigenvalue weighted by molar-refractivity contribution is 7.99. The van der Waals surface area contributed by atoms with Gasteiger partial charge in [0.25, 0.3) is 5.91 Å². The van der Waals surface area contributed by atoms with Crippen LogP contribution in [0, 0.1) is 11.6 Å². The molecule has 10 heteroatoms. The second-order valence-corrected chi connectivity index (χ2v) is 10.1. The highest BCUT2D eigenvalue weighted by Gasteiger charge is 2.14. The van der Waals surface area contributed by atoms with Gasteiger partial charge in [-0.15, -0.1) is 0 Å². The maximum absolute atomic E-state index is 13.6. The van der Waals surface area contributed by atoms with Crippen LogP contribution >= 0.6 is 11.8 Å². The van der Waals surface area contributed by atoms with Crippen LogP contribution in [-0.2, 0) is 0 Å². The number of carbonyl (C=O) groups excluding carboxylic acids is 1. The van der Waals surface area contributed by atoms with Crippen LogP contribution in [0.15, 0.2) is 88.9 Å². The quantitative estimate of drug-likeness (QED) is 0.198. The lowest BCUT2D eigenvalue weighted by Crippen LogP contribution is -2.13. The molecule has 2 aromatic heterocycles. The summed E-state index contributed by atoms with van der Waals surface area (Å²) >= 11 is 1.44. The van der Waals surface area contributed by atoms with Crippen LogP contribution in [0.5, 0.6) is 5.75 Å². The SMILES string of the molecule is CC(C)c1ccc2c(Nc3cc(NC(=O)c4cc(F)cc(F)c4)ccc3Sc3ccc(O)cc3)ncnc2n1. The standard InChI is InChI=1S/C29H23F2N5O2S/c1-16(2)24-9-8-23-27(35-24)32-15-33-28(23)36-25-14-20(34-29(38)17-11-18(30)13-19(31)12-17)3-10-26(25)39-22-6-4-21(37)5-7-22/h3-16,37H,1-2H3,(H,34,38)(H,32,33,35,36). The molecule has 5 aromatic rings. The Morgan fingerprint density at radius 2 is 1.67 bits per heavy atom. The summed E-state index contributed by atoms with van der Waals surface area (Å²) in [5.41, 5.74) is 2.33. The fraction of sp³-hybridized carbons (Fsp3) is 0.103. The average Bonchev–Trinajstić information content (AvgIpc) is 2.90. The Morgan fingerprint density at radius 1 is 0.923 bits per heavy atom. The van der Waals surface area contributed by atoms with E-state index in [1.807, 2.05) is 12.1 Å². The molecule has 196 valence electrons. The van der Waals surface area contributed by atoms with Gasteiger partial charge in [0.15, 0.2) is 5.65 Å². The molecule has 2 heterocycles. The van der Waals surface area contributed by atoms with E-state index in [1.54, 1.807) is 42.5 Å². The first kappa shape index (κ1) is 26.1. The van der Waals surface area contributed by atoms with E-state index in [4.69, 9.17) is 0 Å². The first-order chi connectivity index (χ1) is 18.7. The third-order valence-electron chi connectivity index (χ3n) is 5.79. The summed E-state index contributed by atoms with van der Waals surface area (Å²) in [6.45, 7) is 4.11. The number of fused-ring (bicyclic) bond motifs is 1. The number of benzene rings is 3. The molecule has 3 aromatic carbocycles. The zero-order valence-corrected chi connectivity index (χ0v) is 21.8. The molecule has 3 N–H and O–H groups in total. The number of hydrogen-bond donors (Lipinski definition) is 3. The van der Waals surface area contributed by atoms with E-state index < -0.39 is 17.5 Å². The maximum Gasteiger partial charge on any atom is 0.255 e. The van der Waals surface area contributed by atoms with Gasteiger partial charge >= 0.3 is 0 Å². The lowest BCUT2D eigenvalue weighted by molar-refractivity contribution is 0.102. The number of amides is 1. The highest BCUT2D eigenvalue weighted by atomic mass is 32.2. The summed E-state index contributed by atoms with van der Waals surface area (Å²) in [5, 5.41) is 16.4. The summed E-state index contributed by atoms with van der Waals surface area (Å²) in [7, 11) is 0. The van der Waals surface area contributed by atoms with Crippen LogP contribution in [0.1, 0.15) is 35.8 Å². The van der Waals surface area contributed by atoms with Crippen molar-refractivity contribution in [2.75, 3.05) is 10.6 Å². The van der Waals surface area contributed by atoms with Crippen LogP contribution in [0.25, 0.3) is 11.0 Å². The molecule has 0 unspecified atom stereocenters. The number of carbonyl (C=O) groups is 1. The minimum absolute atomic E-state index is 0.140. The average molecular weight is 544 g/mol. The van der Waals surface area contributed by atoms with Gasteiger partial charge in [0, 0.05) is 32.8 Å². The van der Waals surface area contributed by atoms with Crippen molar-refractivity contribution in [3.8, 4) is 5.75 Å². The summed E-state index contributed by atoms with van der Waals surface area (Å²) in [6.07, 6.45) is 1.43. The molecule has 0 spiro atoms. The van der Waals surface area contributed by atoms with Crippen molar-refractivity contribution < 1.29 is 18.7 Å². The fourth-order valence-electron chi connectivity index (χ4n) is 3.83. The normalized spacial score (nSPS) is 11.1. The topological polar surface area (TPSA) is 100 Å². The number of rotatable bonds is 7. The molecule has 0 saturated heterocycles. The van der Waals surface area contributed by atoms with E-state index in [0.717, 1.165) is 27.6 Å². The van der Waals surface area contributed by atoms with Crippen molar-refractivity contribution in [2.24, 2.45) is 0 Å². The van der Waals surface area contributed by atoms with Gasteiger partial charge in [0.1, 0.15) is 29.5 Å². The maximum atomic E-state index is 13.6. The minimum atomic E-state index is -0.840. The molecular formula is C29H23F2N5O2S. The van der Waals surface area contributed by atoms with Gasteiger partial charge in [-0.3, -0.25) is 4.79 Å². The molecular weight excluding hydrogens is 520 g/mol. The number of nitrogens with zero attached hydrogens (tertiary/aromatic N) is 3. The van der Waals surface area contributed by atoms with E-state index in [1.165, 1.54) is 18.1 Å². The zero-order valence-electron chi connectivity index (χ0n) is 20.9. The summed E-state index contributed by atoms with van der Waals surface area (Å²) in [4.78, 5) is 27.8. The molecule has 0 radical (unpaired) electrons.